The molecule has 1 aliphatic rings. The molecule has 1 N–H and O–H groups in total. The van der Waals surface area contributed by atoms with E-state index in [-0.39, 0.29) is 17.4 Å². The van der Waals surface area contributed by atoms with Gasteiger partial charge in [-0.25, -0.2) is 4.98 Å². The lowest BCUT2D eigenvalue weighted by Crippen LogP contribution is -2.39. The first-order valence-electron chi connectivity index (χ1n) is 7.99. The zero-order valence-electron chi connectivity index (χ0n) is 13.6. The van der Waals surface area contributed by atoms with Crippen molar-refractivity contribution in [2.24, 2.45) is 5.92 Å². The molecule has 1 saturated heterocycles. The van der Waals surface area contributed by atoms with E-state index >= 15 is 0 Å². The van der Waals surface area contributed by atoms with Gasteiger partial charge >= 0.3 is 6.18 Å². The number of likely N-dealkylation sites (tertiary alicyclic amines) is 1. The molecular weight excluding hydrogens is 323 g/mol. The Bertz CT molecular complexity index is 544. The average molecular weight is 345 g/mol. The molecule has 0 atom stereocenters. The van der Waals surface area contributed by atoms with Gasteiger partial charge in [-0.1, -0.05) is 0 Å². The molecule has 5 nitrogen and oxygen atoms in total. The minimum absolute atomic E-state index is 0.0598. The largest absolute Gasteiger partial charge is 0.482 e. The standard InChI is InChI=1S/C16H22F3N3O2/c1-20-8-4-12-5-9-22(10-6-12)15(23)14-13(3-2-7-21-14)24-11-16(17,18)19/h2-3,7,12,20H,4-6,8-11H2,1H3. The van der Waals surface area contributed by atoms with Crippen LogP contribution in [0, 0.1) is 5.92 Å². The number of carbonyl (C=O) groups is 1. The van der Waals surface area contributed by atoms with Gasteiger partial charge in [-0.15, -0.1) is 0 Å². The normalized spacial score (nSPS) is 16.2. The van der Waals surface area contributed by atoms with Gasteiger partial charge < -0.3 is 15.0 Å². The van der Waals surface area contributed by atoms with Crippen LogP contribution < -0.4 is 10.1 Å². The molecule has 134 valence electrons. The van der Waals surface area contributed by atoms with E-state index in [0.717, 1.165) is 25.8 Å². The minimum Gasteiger partial charge on any atom is -0.482 e. The van der Waals surface area contributed by atoms with Crippen molar-refractivity contribution in [3.8, 4) is 5.75 Å². The van der Waals surface area contributed by atoms with E-state index in [2.05, 4.69) is 10.3 Å². The third kappa shape index (κ3) is 5.36. The van der Waals surface area contributed by atoms with Crippen molar-refractivity contribution < 1.29 is 22.7 Å². The lowest BCUT2D eigenvalue weighted by Gasteiger charge is -2.32. The predicted octanol–water partition coefficient (Wildman–Crippen LogP) is 2.48. The molecule has 0 unspecified atom stereocenters. The number of carbonyl (C=O) groups excluding carboxylic acids is 1. The maximum Gasteiger partial charge on any atom is 0.422 e. The molecule has 8 heteroatoms. The molecule has 24 heavy (non-hydrogen) atoms. The van der Waals surface area contributed by atoms with Crippen LogP contribution in [0.2, 0.25) is 0 Å². The van der Waals surface area contributed by atoms with E-state index in [1.165, 1.54) is 18.3 Å². The molecule has 0 aromatic carbocycles. The topological polar surface area (TPSA) is 54.5 Å². The highest BCUT2D eigenvalue weighted by Crippen LogP contribution is 2.25. The van der Waals surface area contributed by atoms with Gasteiger partial charge in [0.15, 0.2) is 18.1 Å². The number of aromatic nitrogens is 1. The molecular formula is C16H22F3N3O2. The van der Waals surface area contributed by atoms with Gasteiger partial charge in [0.2, 0.25) is 0 Å². The molecule has 0 aliphatic carbocycles. The summed E-state index contributed by atoms with van der Waals surface area (Å²) in [6, 6.07) is 2.79. The van der Waals surface area contributed by atoms with Gasteiger partial charge in [0.1, 0.15) is 0 Å². The number of alkyl halides is 3. The van der Waals surface area contributed by atoms with Crippen LogP contribution in [-0.4, -0.2) is 55.3 Å². The Morgan fingerprint density at radius 2 is 2.12 bits per heavy atom. The van der Waals surface area contributed by atoms with Gasteiger partial charge in [-0.2, -0.15) is 13.2 Å². The molecule has 1 amide bonds. The van der Waals surface area contributed by atoms with E-state index in [1.807, 2.05) is 7.05 Å². The fourth-order valence-corrected chi connectivity index (χ4v) is 2.75. The van der Waals surface area contributed by atoms with Gasteiger partial charge in [-0.05, 0) is 50.9 Å². The monoisotopic (exact) mass is 345 g/mol. The Balaban J connectivity index is 1.98. The third-order valence-electron chi connectivity index (χ3n) is 4.07. The third-order valence-corrected chi connectivity index (χ3v) is 4.07. The summed E-state index contributed by atoms with van der Waals surface area (Å²) in [4.78, 5) is 18.1. The van der Waals surface area contributed by atoms with E-state index < -0.39 is 12.8 Å². The Kier molecular flexibility index (Phi) is 6.42. The fraction of sp³-hybridized carbons (Fsp3) is 0.625. The summed E-state index contributed by atoms with van der Waals surface area (Å²) in [6.45, 7) is 0.671. The molecule has 1 aliphatic heterocycles. The summed E-state index contributed by atoms with van der Waals surface area (Å²) in [5.74, 6) is 0.0585. The minimum atomic E-state index is -4.46. The zero-order valence-corrected chi connectivity index (χ0v) is 13.6. The van der Waals surface area contributed by atoms with Crippen LogP contribution in [0.5, 0.6) is 5.75 Å². The summed E-state index contributed by atoms with van der Waals surface area (Å²) in [5, 5.41) is 3.11. The number of nitrogens with zero attached hydrogens (tertiary/aromatic N) is 2. The molecule has 2 heterocycles. The zero-order chi connectivity index (χ0) is 17.6. The van der Waals surface area contributed by atoms with Gasteiger partial charge in [-0.3, -0.25) is 4.79 Å². The van der Waals surface area contributed by atoms with Crippen LogP contribution in [0.4, 0.5) is 13.2 Å². The second-order valence-corrected chi connectivity index (χ2v) is 5.88. The number of hydrogen-bond donors (Lipinski definition) is 1. The van der Waals surface area contributed by atoms with E-state index in [1.54, 1.807) is 4.90 Å². The molecule has 1 aromatic rings. The molecule has 0 radical (unpaired) electrons. The predicted molar refractivity (Wildman–Crippen MR) is 83.0 cm³/mol. The summed E-state index contributed by atoms with van der Waals surface area (Å²) in [5.41, 5.74) is -0.0598. The van der Waals surface area contributed by atoms with Crippen LogP contribution in [-0.2, 0) is 0 Å². The van der Waals surface area contributed by atoms with Crippen LogP contribution in [0.25, 0.3) is 0 Å². The van der Waals surface area contributed by atoms with E-state index in [4.69, 9.17) is 4.74 Å². The van der Waals surface area contributed by atoms with Crippen molar-refractivity contribution in [2.45, 2.75) is 25.4 Å². The van der Waals surface area contributed by atoms with Crippen molar-refractivity contribution in [1.82, 2.24) is 15.2 Å². The number of amides is 1. The number of hydrogen-bond acceptors (Lipinski definition) is 4. The van der Waals surface area contributed by atoms with Crippen molar-refractivity contribution in [1.29, 1.82) is 0 Å². The smallest absolute Gasteiger partial charge is 0.422 e. The van der Waals surface area contributed by atoms with Gasteiger partial charge in [0, 0.05) is 19.3 Å². The average Bonchev–Trinajstić information content (AvgIpc) is 2.57. The number of rotatable bonds is 6. The Hall–Kier alpha value is -1.83. The van der Waals surface area contributed by atoms with Crippen LogP contribution in [0.1, 0.15) is 29.8 Å². The lowest BCUT2D eigenvalue weighted by atomic mass is 9.93. The first-order chi connectivity index (χ1) is 11.4. The van der Waals surface area contributed by atoms with Crippen molar-refractivity contribution in [3.63, 3.8) is 0 Å². The van der Waals surface area contributed by atoms with Crippen LogP contribution >= 0.6 is 0 Å². The highest BCUT2D eigenvalue weighted by molar-refractivity contribution is 5.95. The molecule has 0 bridgehead atoms. The highest BCUT2D eigenvalue weighted by atomic mass is 19.4. The maximum atomic E-state index is 12.6. The Morgan fingerprint density at radius 1 is 1.42 bits per heavy atom. The second kappa shape index (κ2) is 8.32. The SMILES string of the molecule is CNCCC1CCN(C(=O)c2ncccc2OCC(F)(F)F)CC1. The first kappa shape index (κ1) is 18.5. The van der Waals surface area contributed by atoms with Crippen molar-refractivity contribution >= 4 is 5.91 Å². The van der Waals surface area contributed by atoms with E-state index in [9.17, 15) is 18.0 Å². The molecule has 1 aromatic heterocycles. The highest BCUT2D eigenvalue weighted by Gasteiger charge is 2.31. The molecule has 0 saturated carbocycles. The summed E-state index contributed by atoms with van der Waals surface area (Å²) in [6.07, 6.45) is -0.241. The quantitative estimate of drug-likeness (QED) is 0.861. The fourth-order valence-electron chi connectivity index (χ4n) is 2.75. The van der Waals surface area contributed by atoms with Crippen LogP contribution in [0.15, 0.2) is 18.3 Å². The Morgan fingerprint density at radius 3 is 2.75 bits per heavy atom. The number of nitrogens with one attached hydrogen (secondary N) is 1. The first-order valence-corrected chi connectivity index (χ1v) is 7.99. The number of halogens is 3. The van der Waals surface area contributed by atoms with Crippen molar-refractivity contribution in [3.05, 3.63) is 24.0 Å². The van der Waals surface area contributed by atoms with E-state index in [0.29, 0.717) is 19.0 Å². The number of piperidine rings is 1. The second-order valence-electron chi connectivity index (χ2n) is 5.88. The lowest BCUT2D eigenvalue weighted by molar-refractivity contribution is -0.153. The van der Waals surface area contributed by atoms with Crippen LogP contribution in [0.3, 0.4) is 0 Å². The number of ether oxygens (including phenoxy) is 1. The van der Waals surface area contributed by atoms with Crippen molar-refractivity contribution in [2.75, 3.05) is 33.3 Å². The molecule has 1 fully saturated rings. The molecule has 2 rings (SSSR count). The number of pyridine rings is 1. The molecule has 0 spiro atoms. The Labute approximate surface area is 139 Å². The summed E-state index contributed by atoms with van der Waals surface area (Å²) in [7, 11) is 1.90. The van der Waals surface area contributed by atoms with Gasteiger partial charge in [0.05, 0.1) is 0 Å². The summed E-state index contributed by atoms with van der Waals surface area (Å²) >= 11 is 0. The summed E-state index contributed by atoms with van der Waals surface area (Å²) < 4.78 is 41.7. The van der Waals surface area contributed by atoms with Gasteiger partial charge in [0.25, 0.3) is 5.91 Å². The maximum absolute atomic E-state index is 12.6.